The molecule has 1 N–H and O–H groups in total. The Kier molecular flexibility index (Phi) is 5.70. The molecule has 0 fully saturated rings. The summed E-state index contributed by atoms with van der Waals surface area (Å²) >= 11 is 3.38. The van der Waals surface area contributed by atoms with Gasteiger partial charge in [0.2, 0.25) is 0 Å². The summed E-state index contributed by atoms with van der Waals surface area (Å²) in [5, 5.41) is 3.95. The lowest BCUT2D eigenvalue weighted by molar-refractivity contribution is 0.0950. The van der Waals surface area contributed by atoms with Crippen molar-refractivity contribution >= 4 is 28.1 Å². The standard InChI is InChI=1S/C19H15BrN4O2/c1-26-16-7-5-14(6-8-16)17-11-21-12-18(23-17)19(25)24-22-10-13-3-2-4-15(20)9-13/h2-12H,1H3,(H,24,25). The number of nitrogens with one attached hydrogen (secondary N) is 1. The average Bonchev–Trinajstić information content (AvgIpc) is 2.68. The molecule has 3 rings (SSSR count). The number of hydrogen-bond donors (Lipinski definition) is 1. The second-order valence-corrected chi connectivity index (χ2v) is 6.19. The van der Waals surface area contributed by atoms with Crippen LogP contribution in [0.3, 0.4) is 0 Å². The number of amides is 1. The molecule has 0 bridgehead atoms. The van der Waals surface area contributed by atoms with E-state index in [-0.39, 0.29) is 5.69 Å². The van der Waals surface area contributed by atoms with Crippen LogP contribution in [0, 0.1) is 0 Å². The summed E-state index contributed by atoms with van der Waals surface area (Å²) in [5.74, 6) is 0.316. The van der Waals surface area contributed by atoms with Gasteiger partial charge in [-0.2, -0.15) is 5.10 Å². The lowest BCUT2D eigenvalue weighted by atomic mass is 10.1. The van der Waals surface area contributed by atoms with Crippen LogP contribution in [0.15, 0.2) is 70.5 Å². The number of carbonyl (C=O) groups excluding carboxylic acids is 1. The first-order valence-electron chi connectivity index (χ1n) is 7.71. The van der Waals surface area contributed by atoms with E-state index in [0.29, 0.717) is 5.69 Å². The molecule has 0 aliphatic carbocycles. The van der Waals surface area contributed by atoms with Gasteiger partial charge in [-0.05, 0) is 42.0 Å². The summed E-state index contributed by atoms with van der Waals surface area (Å²) in [4.78, 5) is 20.7. The fraction of sp³-hybridized carbons (Fsp3) is 0.0526. The monoisotopic (exact) mass is 410 g/mol. The molecule has 0 saturated heterocycles. The van der Waals surface area contributed by atoms with E-state index in [1.54, 1.807) is 19.5 Å². The predicted octanol–water partition coefficient (Wildman–Crippen LogP) is 3.68. The predicted molar refractivity (Wildman–Crippen MR) is 103 cm³/mol. The summed E-state index contributed by atoms with van der Waals surface area (Å²) < 4.78 is 6.07. The van der Waals surface area contributed by atoms with Crippen LogP contribution < -0.4 is 10.2 Å². The van der Waals surface area contributed by atoms with E-state index < -0.39 is 5.91 Å². The maximum atomic E-state index is 12.2. The molecule has 2 aromatic carbocycles. The first-order valence-corrected chi connectivity index (χ1v) is 8.50. The highest BCUT2D eigenvalue weighted by molar-refractivity contribution is 9.10. The molecule has 6 nitrogen and oxygen atoms in total. The van der Waals surface area contributed by atoms with Crippen LogP contribution in [0.1, 0.15) is 16.1 Å². The van der Waals surface area contributed by atoms with Crippen molar-refractivity contribution < 1.29 is 9.53 Å². The summed E-state index contributed by atoms with van der Waals surface area (Å²) in [6, 6.07) is 14.9. The van der Waals surface area contributed by atoms with Crippen LogP contribution >= 0.6 is 15.9 Å². The van der Waals surface area contributed by atoms with Crippen molar-refractivity contribution in [2.45, 2.75) is 0 Å². The maximum absolute atomic E-state index is 12.2. The molecule has 0 aliphatic rings. The van der Waals surface area contributed by atoms with Gasteiger partial charge in [0, 0.05) is 10.0 Å². The van der Waals surface area contributed by atoms with Gasteiger partial charge in [-0.25, -0.2) is 10.4 Å². The minimum absolute atomic E-state index is 0.185. The molecule has 130 valence electrons. The maximum Gasteiger partial charge on any atom is 0.291 e. The van der Waals surface area contributed by atoms with Crippen LogP contribution in [0.4, 0.5) is 0 Å². The largest absolute Gasteiger partial charge is 0.497 e. The Hall–Kier alpha value is -3.06. The quantitative estimate of drug-likeness (QED) is 0.514. The molecule has 7 heteroatoms. The van der Waals surface area contributed by atoms with Crippen molar-refractivity contribution in [2.75, 3.05) is 7.11 Å². The lowest BCUT2D eigenvalue weighted by Gasteiger charge is -2.04. The van der Waals surface area contributed by atoms with Gasteiger partial charge in [0.25, 0.3) is 5.91 Å². The van der Waals surface area contributed by atoms with Gasteiger partial charge in [0.05, 0.1) is 31.4 Å². The van der Waals surface area contributed by atoms with E-state index in [0.717, 1.165) is 21.3 Å². The topological polar surface area (TPSA) is 76.5 Å². The van der Waals surface area contributed by atoms with Gasteiger partial charge in [0.15, 0.2) is 0 Å². The highest BCUT2D eigenvalue weighted by Gasteiger charge is 2.09. The van der Waals surface area contributed by atoms with Crippen LogP contribution in [0.2, 0.25) is 0 Å². The minimum Gasteiger partial charge on any atom is -0.497 e. The first-order chi connectivity index (χ1) is 12.7. The van der Waals surface area contributed by atoms with E-state index in [1.165, 1.54) is 6.20 Å². The Morgan fingerprint density at radius 2 is 2.00 bits per heavy atom. The van der Waals surface area contributed by atoms with Crippen molar-refractivity contribution in [3.05, 3.63) is 76.7 Å². The SMILES string of the molecule is COc1ccc(-c2cncc(C(=O)NN=Cc3cccc(Br)c3)n2)cc1. The highest BCUT2D eigenvalue weighted by Crippen LogP contribution is 2.20. The van der Waals surface area contributed by atoms with Crippen LogP contribution in [-0.4, -0.2) is 29.2 Å². The summed E-state index contributed by atoms with van der Waals surface area (Å²) in [5.41, 5.74) is 4.93. The molecule has 3 aromatic rings. The van der Waals surface area contributed by atoms with Crippen molar-refractivity contribution in [1.29, 1.82) is 0 Å². The fourth-order valence-electron chi connectivity index (χ4n) is 2.19. The Bertz CT molecular complexity index is 942. The summed E-state index contributed by atoms with van der Waals surface area (Å²) in [6.07, 6.45) is 4.56. The molecule has 1 amide bonds. The third kappa shape index (κ3) is 4.52. The average molecular weight is 411 g/mol. The van der Waals surface area contributed by atoms with E-state index in [9.17, 15) is 4.79 Å². The zero-order valence-corrected chi connectivity index (χ0v) is 15.5. The highest BCUT2D eigenvalue weighted by atomic mass is 79.9. The molecule has 0 spiro atoms. The number of ether oxygens (including phenoxy) is 1. The number of hydrogen-bond acceptors (Lipinski definition) is 5. The van der Waals surface area contributed by atoms with Gasteiger partial charge in [-0.15, -0.1) is 0 Å². The number of nitrogens with zero attached hydrogens (tertiary/aromatic N) is 3. The van der Waals surface area contributed by atoms with Gasteiger partial charge in [-0.3, -0.25) is 9.78 Å². The van der Waals surface area contributed by atoms with Gasteiger partial charge < -0.3 is 4.74 Å². The molecular formula is C19H15BrN4O2. The third-order valence-electron chi connectivity index (χ3n) is 3.48. The molecule has 26 heavy (non-hydrogen) atoms. The molecule has 0 atom stereocenters. The zero-order valence-electron chi connectivity index (χ0n) is 13.9. The molecule has 0 aliphatic heterocycles. The normalized spacial score (nSPS) is 10.7. The van der Waals surface area contributed by atoms with Crippen molar-refractivity contribution in [2.24, 2.45) is 5.10 Å². The van der Waals surface area contributed by atoms with E-state index in [1.807, 2.05) is 48.5 Å². The van der Waals surface area contributed by atoms with Crippen LogP contribution in [0.25, 0.3) is 11.3 Å². The third-order valence-corrected chi connectivity index (χ3v) is 3.97. The summed E-state index contributed by atoms with van der Waals surface area (Å²) in [7, 11) is 1.61. The Morgan fingerprint density at radius 3 is 2.73 bits per heavy atom. The molecule has 0 unspecified atom stereocenters. The van der Waals surface area contributed by atoms with Gasteiger partial charge in [-0.1, -0.05) is 28.1 Å². The molecular weight excluding hydrogens is 396 g/mol. The van der Waals surface area contributed by atoms with Crippen molar-refractivity contribution in [3.8, 4) is 17.0 Å². The van der Waals surface area contributed by atoms with Crippen LogP contribution in [-0.2, 0) is 0 Å². The molecule has 0 saturated carbocycles. The zero-order chi connectivity index (χ0) is 18.4. The number of methoxy groups -OCH3 is 1. The molecule has 1 heterocycles. The van der Waals surface area contributed by atoms with Crippen molar-refractivity contribution in [1.82, 2.24) is 15.4 Å². The number of hydrazone groups is 1. The van der Waals surface area contributed by atoms with Gasteiger partial charge >= 0.3 is 0 Å². The summed E-state index contributed by atoms with van der Waals surface area (Å²) in [6.45, 7) is 0. The Balaban J connectivity index is 1.71. The van der Waals surface area contributed by atoms with Crippen LogP contribution in [0.5, 0.6) is 5.75 Å². The second-order valence-electron chi connectivity index (χ2n) is 5.27. The number of rotatable bonds is 5. The fourth-order valence-corrected chi connectivity index (χ4v) is 2.60. The number of halogens is 1. The molecule has 0 radical (unpaired) electrons. The Morgan fingerprint density at radius 1 is 1.19 bits per heavy atom. The Labute approximate surface area is 159 Å². The second kappa shape index (κ2) is 8.35. The van der Waals surface area contributed by atoms with E-state index in [2.05, 4.69) is 36.4 Å². The minimum atomic E-state index is -0.431. The number of carbonyl (C=O) groups is 1. The molecule has 1 aromatic heterocycles. The number of benzene rings is 2. The van der Waals surface area contributed by atoms with Gasteiger partial charge in [0.1, 0.15) is 11.4 Å². The van der Waals surface area contributed by atoms with Crippen molar-refractivity contribution in [3.63, 3.8) is 0 Å². The number of aromatic nitrogens is 2. The van der Waals surface area contributed by atoms with E-state index in [4.69, 9.17) is 4.74 Å². The first kappa shape index (κ1) is 17.8. The van der Waals surface area contributed by atoms with E-state index >= 15 is 0 Å². The smallest absolute Gasteiger partial charge is 0.291 e. The lowest BCUT2D eigenvalue weighted by Crippen LogP contribution is -2.19.